The molecule has 4 rings (SSSR count). The molecule has 0 spiro atoms. The van der Waals surface area contributed by atoms with Crippen LogP contribution in [0.1, 0.15) is 33.2 Å². The fraction of sp³-hybridized carbons (Fsp3) is 0.130. The number of rotatable bonds is 4. The number of para-hydroxylation sites is 1. The summed E-state index contributed by atoms with van der Waals surface area (Å²) in [6, 6.07) is 7.68. The van der Waals surface area contributed by atoms with Crippen molar-refractivity contribution in [3.63, 3.8) is 0 Å². The Morgan fingerprint density at radius 2 is 1.91 bits per heavy atom. The van der Waals surface area contributed by atoms with E-state index in [-0.39, 0.29) is 34.5 Å². The van der Waals surface area contributed by atoms with Crippen molar-refractivity contribution < 1.29 is 27.5 Å². The van der Waals surface area contributed by atoms with Crippen molar-refractivity contribution in [2.24, 2.45) is 0 Å². The van der Waals surface area contributed by atoms with E-state index in [1.54, 1.807) is 13.0 Å². The minimum Gasteiger partial charge on any atom is -0.462 e. The van der Waals surface area contributed by atoms with Gasteiger partial charge >= 0.3 is 12.1 Å². The topological polar surface area (TPSA) is 127 Å². The van der Waals surface area contributed by atoms with Crippen molar-refractivity contribution in [2.75, 3.05) is 17.7 Å². The summed E-state index contributed by atoms with van der Waals surface area (Å²) in [6.07, 6.45) is -2.45. The SMILES string of the molecule is CCOC(=O)c1cnc2ccc(NC(=O)c3c[nH]c4c(C(F)(F)F)cccc4c3=O)cc2c1N. The Hall–Kier alpha value is -4.41. The molecule has 0 saturated heterocycles. The van der Waals surface area contributed by atoms with Crippen LogP contribution in [0.5, 0.6) is 0 Å². The third-order valence-corrected chi connectivity index (χ3v) is 5.13. The number of anilines is 2. The lowest BCUT2D eigenvalue weighted by Gasteiger charge is -2.12. The third-order valence-electron chi connectivity index (χ3n) is 5.13. The molecule has 2 aromatic carbocycles. The molecule has 2 heterocycles. The number of hydrogen-bond donors (Lipinski definition) is 3. The van der Waals surface area contributed by atoms with E-state index in [4.69, 9.17) is 10.5 Å². The molecule has 11 heteroatoms. The quantitative estimate of drug-likeness (QED) is 0.385. The van der Waals surface area contributed by atoms with E-state index in [0.717, 1.165) is 18.3 Å². The van der Waals surface area contributed by atoms with E-state index < -0.39 is 34.6 Å². The molecule has 34 heavy (non-hydrogen) atoms. The summed E-state index contributed by atoms with van der Waals surface area (Å²) in [5.74, 6) is -1.49. The van der Waals surface area contributed by atoms with Crippen molar-refractivity contribution in [1.29, 1.82) is 0 Å². The highest BCUT2D eigenvalue weighted by Gasteiger charge is 2.33. The fourth-order valence-electron chi connectivity index (χ4n) is 3.52. The number of nitrogens with one attached hydrogen (secondary N) is 2. The van der Waals surface area contributed by atoms with Gasteiger partial charge < -0.3 is 20.8 Å². The van der Waals surface area contributed by atoms with E-state index in [0.29, 0.717) is 10.9 Å². The number of aromatic nitrogens is 2. The van der Waals surface area contributed by atoms with Crippen LogP contribution in [0.4, 0.5) is 24.5 Å². The van der Waals surface area contributed by atoms with E-state index >= 15 is 0 Å². The summed E-state index contributed by atoms with van der Waals surface area (Å²) in [7, 11) is 0. The number of halogens is 3. The monoisotopic (exact) mass is 470 g/mol. The van der Waals surface area contributed by atoms with E-state index in [2.05, 4.69) is 15.3 Å². The Kier molecular flexibility index (Phi) is 5.70. The maximum atomic E-state index is 13.2. The second-order valence-electron chi connectivity index (χ2n) is 7.25. The maximum absolute atomic E-state index is 13.2. The number of carbonyl (C=O) groups excluding carboxylic acids is 2. The van der Waals surface area contributed by atoms with Gasteiger partial charge in [-0.3, -0.25) is 14.6 Å². The second kappa shape index (κ2) is 8.50. The highest BCUT2D eigenvalue weighted by atomic mass is 19.4. The van der Waals surface area contributed by atoms with E-state index in [1.165, 1.54) is 24.4 Å². The van der Waals surface area contributed by atoms with Crippen LogP contribution >= 0.6 is 0 Å². The molecule has 0 atom stereocenters. The first-order valence-corrected chi connectivity index (χ1v) is 10.00. The van der Waals surface area contributed by atoms with Crippen LogP contribution in [-0.2, 0) is 10.9 Å². The van der Waals surface area contributed by atoms with Crippen LogP contribution in [0.2, 0.25) is 0 Å². The molecule has 8 nitrogen and oxygen atoms in total. The Morgan fingerprint density at radius 3 is 2.62 bits per heavy atom. The van der Waals surface area contributed by atoms with Gasteiger partial charge in [0, 0.05) is 28.9 Å². The average Bonchev–Trinajstić information content (AvgIpc) is 2.79. The molecule has 4 N–H and O–H groups in total. The van der Waals surface area contributed by atoms with Crippen molar-refractivity contribution >= 4 is 45.1 Å². The number of alkyl halides is 3. The fourth-order valence-corrected chi connectivity index (χ4v) is 3.52. The number of hydrogen-bond acceptors (Lipinski definition) is 6. The lowest BCUT2D eigenvalue weighted by atomic mass is 10.1. The molecular formula is C23H17F3N4O4. The van der Waals surface area contributed by atoms with Gasteiger partial charge in [0.1, 0.15) is 11.1 Å². The van der Waals surface area contributed by atoms with Crippen molar-refractivity contribution in [1.82, 2.24) is 9.97 Å². The van der Waals surface area contributed by atoms with Gasteiger partial charge in [-0.25, -0.2) is 4.79 Å². The number of nitrogen functional groups attached to an aromatic ring is 1. The number of H-pyrrole nitrogens is 1. The minimum absolute atomic E-state index is 0.0595. The molecule has 0 unspecified atom stereocenters. The first-order valence-electron chi connectivity index (χ1n) is 10.00. The zero-order valence-corrected chi connectivity index (χ0v) is 17.6. The first-order chi connectivity index (χ1) is 16.1. The zero-order valence-electron chi connectivity index (χ0n) is 17.6. The lowest BCUT2D eigenvalue weighted by molar-refractivity contribution is -0.136. The van der Waals surface area contributed by atoms with Crippen LogP contribution in [0, 0.1) is 0 Å². The Morgan fingerprint density at radius 1 is 1.15 bits per heavy atom. The lowest BCUT2D eigenvalue weighted by Crippen LogP contribution is -2.22. The molecule has 174 valence electrons. The van der Waals surface area contributed by atoms with Gasteiger partial charge in [-0.15, -0.1) is 0 Å². The number of esters is 1. The van der Waals surface area contributed by atoms with Crippen LogP contribution in [0.15, 0.2) is 53.6 Å². The molecule has 0 aliphatic heterocycles. The smallest absolute Gasteiger partial charge is 0.418 e. The molecule has 1 amide bonds. The number of fused-ring (bicyclic) bond motifs is 2. The van der Waals surface area contributed by atoms with Crippen LogP contribution in [0.3, 0.4) is 0 Å². The Balaban J connectivity index is 1.70. The summed E-state index contributed by atoms with van der Waals surface area (Å²) in [6.45, 7) is 1.80. The largest absolute Gasteiger partial charge is 0.462 e. The molecule has 0 saturated carbocycles. The summed E-state index contributed by atoms with van der Waals surface area (Å²) < 4.78 is 44.6. The Labute approximate surface area is 189 Å². The maximum Gasteiger partial charge on any atom is 0.418 e. The van der Waals surface area contributed by atoms with Crippen LogP contribution < -0.4 is 16.5 Å². The zero-order chi connectivity index (χ0) is 24.6. The van der Waals surface area contributed by atoms with Gasteiger partial charge in [-0.1, -0.05) is 6.07 Å². The number of nitrogens with zero attached hydrogens (tertiary/aromatic N) is 1. The number of aromatic amines is 1. The highest BCUT2D eigenvalue weighted by Crippen LogP contribution is 2.33. The minimum atomic E-state index is -4.67. The molecule has 0 bridgehead atoms. The van der Waals surface area contributed by atoms with Crippen molar-refractivity contribution in [3.8, 4) is 0 Å². The van der Waals surface area contributed by atoms with E-state index in [9.17, 15) is 27.6 Å². The molecule has 0 aliphatic carbocycles. The number of nitrogens with two attached hydrogens (primary N) is 1. The third kappa shape index (κ3) is 4.03. The number of carbonyl (C=O) groups is 2. The standard InChI is InChI=1S/C23H17F3N4O4/c1-2-34-22(33)14-9-28-17-7-6-11(8-13(17)18(14)27)30-21(32)15-10-29-19-12(20(15)31)4-3-5-16(19)23(24,25)26/h3-10H,2H2,1H3,(H2,27,28)(H,29,31)(H,30,32). The summed E-state index contributed by atoms with van der Waals surface area (Å²) in [5, 5.41) is 2.62. The molecule has 0 radical (unpaired) electrons. The second-order valence-corrected chi connectivity index (χ2v) is 7.25. The highest BCUT2D eigenvalue weighted by molar-refractivity contribution is 6.08. The number of ether oxygens (including phenoxy) is 1. The predicted molar refractivity (Wildman–Crippen MR) is 120 cm³/mol. The van der Waals surface area contributed by atoms with Gasteiger partial charge in [0.25, 0.3) is 5.91 Å². The molecule has 0 fully saturated rings. The number of pyridine rings is 2. The predicted octanol–water partition coefficient (Wildman–Crippen LogP) is 4.11. The van der Waals surface area contributed by atoms with Gasteiger partial charge in [0.15, 0.2) is 0 Å². The summed E-state index contributed by atoms with van der Waals surface area (Å²) >= 11 is 0. The molecular weight excluding hydrogens is 453 g/mol. The van der Waals surface area contributed by atoms with E-state index in [1.807, 2.05) is 0 Å². The van der Waals surface area contributed by atoms with Crippen molar-refractivity contribution in [2.45, 2.75) is 13.1 Å². The molecule has 4 aromatic rings. The molecule has 0 aliphatic rings. The van der Waals surface area contributed by atoms with Crippen molar-refractivity contribution in [3.05, 3.63) is 75.7 Å². The van der Waals surface area contributed by atoms with Crippen LogP contribution in [0.25, 0.3) is 21.8 Å². The molecule has 2 aromatic heterocycles. The number of benzene rings is 2. The first kappa shape index (κ1) is 22.8. The van der Waals surface area contributed by atoms with Gasteiger partial charge in [0.2, 0.25) is 5.43 Å². The van der Waals surface area contributed by atoms with Gasteiger partial charge in [-0.2, -0.15) is 13.2 Å². The van der Waals surface area contributed by atoms with Crippen LogP contribution in [-0.4, -0.2) is 28.5 Å². The normalized spacial score (nSPS) is 11.5. The summed E-state index contributed by atoms with van der Waals surface area (Å²) in [4.78, 5) is 44.2. The Bertz CT molecular complexity index is 1510. The van der Waals surface area contributed by atoms with Gasteiger partial charge in [0.05, 0.1) is 28.9 Å². The summed E-state index contributed by atoms with van der Waals surface area (Å²) in [5.41, 5.74) is 4.28. The number of amides is 1. The van der Waals surface area contributed by atoms with Gasteiger partial charge in [-0.05, 0) is 37.3 Å². The average molecular weight is 470 g/mol.